The summed E-state index contributed by atoms with van der Waals surface area (Å²) in [5, 5.41) is 9.34. The first-order chi connectivity index (χ1) is 8.67. The predicted molar refractivity (Wildman–Crippen MR) is 68.4 cm³/mol. The Hall–Kier alpha value is -1.96. The summed E-state index contributed by atoms with van der Waals surface area (Å²) in [6.45, 7) is 1.26. The average molecular weight is 286 g/mol. The van der Waals surface area contributed by atoms with Gasteiger partial charge in [0.15, 0.2) is 9.84 Å². The highest BCUT2D eigenvalue weighted by atomic mass is 32.2. The minimum atomic E-state index is -3.93. The van der Waals surface area contributed by atoms with Crippen LogP contribution in [0.3, 0.4) is 0 Å². The van der Waals surface area contributed by atoms with Crippen molar-refractivity contribution >= 4 is 21.4 Å². The molecule has 0 bridgehead atoms. The van der Waals surface area contributed by atoms with Crippen molar-refractivity contribution in [2.75, 3.05) is 14.1 Å². The van der Waals surface area contributed by atoms with Crippen LogP contribution in [0.5, 0.6) is 0 Å². The van der Waals surface area contributed by atoms with Gasteiger partial charge in [-0.3, -0.25) is 14.9 Å². The third-order valence-electron chi connectivity index (χ3n) is 2.61. The first kappa shape index (κ1) is 15.1. The second-order valence-electron chi connectivity index (χ2n) is 4.17. The smallest absolute Gasteiger partial charge is 0.270 e. The van der Waals surface area contributed by atoms with E-state index in [4.69, 9.17) is 0 Å². The van der Waals surface area contributed by atoms with E-state index in [9.17, 15) is 23.3 Å². The van der Waals surface area contributed by atoms with E-state index in [0.717, 1.165) is 6.07 Å². The second-order valence-corrected chi connectivity index (χ2v) is 6.44. The van der Waals surface area contributed by atoms with E-state index in [2.05, 4.69) is 0 Å². The van der Waals surface area contributed by atoms with Crippen molar-refractivity contribution in [1.29, 1.82) is 0 Å². The third kappa shape index (κ3) is 3.08. The van der Waals surface area contributed by atoms with Gasteiger partial charge in [-0.25, -0.2) is 8.42 Å². The number of sulfone groups is 1. The maximum Gasteiger partial charge on any atom is 0.270 e. The van der Waals surface area contributed by atoms with Crippen LogP contribution in [0.4, 0.5) is 5.69 Å². The Morgan fingerprint density at radius 2 is 1.95 bits per heavy atom. The molecular weight excluding hydrogens is 272 g/mol. The zero-order valence-corrected chi connectivity index (χ0v) is 11.5. The molecule has 0 saturated carbocycles. The lowest BCUT2D eigenvalue weighted by molar-refractivity contribution is -0.385. The SMILES string of the molecule is CC(C(=O)N(C)C)S(=O)(=O)c1cccc([N+](=O)[O-])c1. The van der Waals surface area contributed by atoms with Crippen LogP contribution in [0, 0.1) is 10.1 Å². The van der Waals surface area contributed by atoms with Crippen molar-refractivity contribution in [3.8, 4) is 0 Å². The average Bonchev–Trinajstić information content (AvgIpc) is 2.36. The molecular formula is C11H14N2O5S. The Kier molecular flexibility index (Phi) is 4.25. The Morgan fingerprint density at radius 1 is 1.37 bits per heavy atom. The van der Waals surface area contributed by atoms with Crippen LogP contribution < -0.4 is 0 Å². The van der Waals surface area contributed by atoms with Gasteiger partial charge in [0.25, 0.3) is 5.69 Å². The van der Waals surface area contributed by atoms with Crippen LogP contribution in [0.25, 0.3) is 0 Å². The fourth-order valence-corrected chi connectivity index (χ4v) is 2.91. The van der Waals surface area contributed by atoms with Gasteiger partial charge in [0.2, 0.25) is 5.91 Å². The monoisotopic (exact) mass is 286 g/mol. The van der Waals surface area contributed by atoms with Gasteiger partial charge in [-0.05, 0) is 13.0 Å². The van der Waals surface area contributed by atoms with Crippen LogP contribution in [-0.2, 0) is 14.6 Å². The summed E-state index contributed by atoms with van der Waals surface area (Å²) in [6.07, 6.45) is 0. The fourth-order valence-electron chi connectivity index (χ4n) is 1.47. The third-order valence-corrected chi connectivity index (χ3v) is 4.65. The van der Waals surface area contributed by atoms with Gasteiger partial charge >= 0.3 is 0 Å². The van der Waals surface area contributed by atoms with E-state index in [-0.39, 0.29) is 10.6 Å². The van der Waals surface area contributed by atoms with Crippen molar-refractivity contribution in [2.45, 2.75) is 17.1 Å². The molecule has 0 aliphatic rings. The van der Waals surface area contributed by atoms with Gasteiger partial charge in [-0.2, -0.15) is 0 Å². The molecule has 1 aromatic rings. The lowest BCUT2D eigenvalue weighted by atomic mass is 10.3. The van der Waals surface area contributed by atoms with E-state index in [1.165, 1.54) is 44.1 Å². The minimum Gasteiger partial charge on any atom is -0.348 e. The summed E-state index contributed by atoms with van der Waals surface area (Å²) in [7, 11) is -1.04. The van der Waals surface area contributed by atoms with E-state index in [1.807, 2.05) is 0 Å². The molecule has 0 fully saturated rings. The number of amides is 1. The standard InChI is InChI=1S/C11H14N2O5S/c1-8(11(14)12(2)3)19(17,18)10-6-4-5-9(7-10)13(15)16/h4-8H,1-3H3. The minimum absolute atomic E-state index is 0.232. The quantitative estimate of drug-likeness (QED) is 0.603. The van der Waals surface area contributed by atoms with Crippen molar-refractivity contribution in [1.82, 2.24) is 4.90 Å². The van der Waals surface area contributed by atoms with Gasteiger partial charge < -0.3 is 4.90 Å². The number of carbonyl (C=O) groups excluding carboxylic acids is 1. The topological polar surface area (TPSA) is 97.6 Å². The predicted octanol–water partition coefficient (Wildman–Crippen LogP) is 0.845. The van der Waals surface area contributed by atoms with Crippen LogP contribution in [0.15, 0.2) is 29.2 Å². The number of nitrogens with zero attached hydrogens (tertiary/aromatic N) is 2. The molecule has 19 heavy (non-hydrogen) atoms. The number of nitro groups is 1. The highest BCUT2D eigenvalue weighted by Crippen LogP contribution is 2.21. The molecule has 7 nitrogen and oxygen atoms in total. The highest BCUT2D eigenvalue weighted by molar-refractivity contribution is 7.92. The molecule has 0 N–H and O–H groups in total. The summed E-state index contributed by atoms with van der Waals surface area (Å²) in [4.78, 5) is 22.6. The molecule has 0 aliphatic heterocycles. The van der Waals surface area contributed by atoms with Gasteiger partial charge in [0, 0.05) is 26.2 Å². The maximum absolute atomic E-state index is 12.2. The van der Waals surface area contributed by atoms with E-state index < -0.39 is 25.9 Å². The number of non-ortho nitro benzene ring substituents is 1. The lowest BCUT2D eigenvalue weighted by Crippen LogP contribution is -2.37. The molecule has 0 radical (unpaired) electrons. The zero-order valence-electron chi connectivity index (χ0n) is 10.7. The van der Waals surface area contributed by atoms with Crippen LogP contribution in [0.1, 0.15) is 6.92 Å². The first-order valence-electron chi connectivity index (χ1n) is 5.37. The van der Waals surface area contributed by atoms with Crippen molar-refractivity contribution in [3.05, 3.63) is 34.4 Å². The number of hydrogen-bond acceptors (Lipinski definition) is 5. The molecule has 1 amide bonds. The van der Waals surface area contributed by atoms with Crippen molar-refractivity contribution in [2.24, 2.45) is 0 Å². The summed E-state index contributed by atoms with van der Waals surface area (Å²) in [5.74, 6) is -0.577. The summed E-state index contributed by atoms with van der Waals surface area (Å²) in [6, 6.07) is 4.66. The lowest BCUT2D eigenvalue weighted by Gasteiger charge is -2.17. The largest absolute Gasteiger partial charge is 0.348 e. The number of nitro benzene ring substituents is 1. The molecule has 0 aliphatic carbocycles. The molecule has 0 saturated heterocycles. The molecule has 1 atom stereocenters. The Labute approximate surface area is 110 Å². The molecule has 0 spiro atoms. The van der Waals surface area contributed by atoms with Crippen molar-refractivity contribution in [3.63, 3.8) is 0 Å². The second kappa shape index (κ2) is 5.35. The van der Waals surface area contributed by atoms with Crippen LogP contribution >= 0.6 is 0 Å². The van der Waals surface area contributed by atoms with Crippen LogP contribution in [-0.4, -0.2) is 43.5 Å². The van der Waals surface area contributed by atoms with Crippen molar-refractivity contribution < 1.29 is 18.1 Å². The summed E-state index contributed by atoms with van der Waals surface area (Å²) < 4.78 is 24.4. The zero-order chi connectivity index (χ0) is 14.8. The summed E-state index contributed by atoms with van der Waals surface area (Å²) in [5.41, 5.74) is -0.328. The van der Waals surface area contributed by atoms with E-state index in [0.29, 0.717) is 0 Å². The van der Waals surface area contributed by atoms with Gasteiger partial charge in [0.1, 0.15) is 5.25 Å². The number of rotatable bonds is 4. The molecule has 0 aromatic heterocycles. The molecule has 104 valence electrons. The molecule has 8 heteroatoms. The number of benzene rings is 1. The summed E-state index contributed by atoms with van der Waals surface area (Å²) >= 11 is 0. The first-order valence-corrected chi connectivity index (χ1v) is 6.92. The maximum atomic E-state index is 12.2. The molecule has 1 aromatic carbocycles. The van der Waals surface area contributed by atoms with E-state index in [1.54, 1.807) is 0 Å². The van der Waals surface area contributed by atoms with Gasteiger partial charge in [-0.1, -0.05) is 6.07 Å². The Balaban J connectivity index is 3.24. The van der Waals surface area contributed by atoms with E-state index >= 15 is 0 Å². The fraction of sp³-hybridized carbons (Fsp3) is 0.364. The number of carbonyl (C=O) groups is 1. The molecule has 1 unspecified atom stereocenters. The molecule has 0 heterocycles. The van der Waals surface area contributed by atoms with Crippen LogP contribution in [0.2, 0.25) is 0 Å². The molecule has 1 rings (SSSR count). The highest BCUT2D eigenvalue weighted by Gasteiger charge is 2.31. The normalized spacial score (nSPS) is 12.8. The number of hydrogen-bond donors (Lipinski definition) is 0. The Bertz CT molecular complexity index is 609. The van der Waals surface area contributed by atoms with Gasteiger partial charge in [-0.15, -0.1) is 0 Å². The Morgan fingerprint density at radius 3 is 2.42 bits per heavy atom. The van der Waals surface area contributed by atoms with Gasteiger partial charge in [0.05, 0.1) is 9.82 Å².